The monoisotopic (exact) mass is 427 g/mol. The molecule has 0 spiro atoms. The second-order valence-electron chi connectivity index (χ2n) is 5.41. The zero-order chi connectivity index (χ0) is 18.8. The first-order valence-electron chi connectivity index (χ1n) is 7.42. The van der Waals surface area contributed by atoms with Gasteiger partial charge in [0.05, 0.1) is 33.6 Å². The molecule has 0 radical (unpaired) electrons. The minimum atomic E-state index is -0.361. The second kappa shape index (κ2) is 7.92. The lowest BCUT2D eigenvalue weighted by molar-refractivity contribution is -0.123. The molecule has 1 heterocycles. The molecule has 134 valence electrons. The number of imide groups is 1. The van der Waals surface area contributed by atoms with Crippen molar-refractivity contribution in [2.75, 3.05) is 7.11 Å². The summed E-state index contributed by atoms with van der Waals surface area (Å²) in [6.45, 7) is 0.128. The van der Waals surface area contributed by atoms with Crippen LogP contribution in [0.15, 0.2) is 41.3 Å². The van der Waals surface area contributed by atoms with Gasteiger partial charge in [-0.25, -0.2) is 0 Å². The number of carbonyl (C=O) groups excluding carboxylic acids is 2. The number of thioether (sulfide) groups is 1. The molecule has 1 saturated heterocycles. The number of halogens is 3. The molecule has 0 aliphatic carbocycles. The highest BCUT2D eigenvalue weighted by atomic mass is 35.5. The van der Waals surface area contributed by atoms with Crippen molar-refractivity contribution >= 4 is 63.8 Å². The van der Waals surface area contributed by atoms with Crippen LogP contribution in [0.2, 0.25) is 15.1 Å². The molecular weight excluding hydrogens is 417 g/mol. The van der Waals surface area contributed by atoms with Crippen LogP contribution in [0, 0.1) is 0 Å². The summed E-state index contributed by atoms with van der Waals surface area (Å²) in [6, 6.07) is 10.1. The van der Waals surface area contributed by atoms with E-state index < -0.39 is 0 Å². The number of nitrogens with zero attached hydrogens (tertiary/aromatic N) is 1. The first-order valence-corrected chi connectivity index (χ1v) is 9.37. The van der Waals surface area contributed by atoms with Gasteiger partial charge in [0.25, 0.3) is 11.1 Å². The molecule has 2 aromatic carbocycles. The molecule has 1 aliphatic rings. The Morgan fingerprint density at radius 3 is 2.46 bits per heavy atom. The lowest BCUT2D eigenvalue weighted by Crippen LogP contribution is -2.27. The number of carbonyl (C=O) groups is 2. The lowest BCUT2D eigenvalue weighted by atomic mass is 10.2. The third-order valence-electron chi connectivity index (χ3n) is 3.67. The van der Waals surface area contributed by atoms with E-state index >= 15 is 0 Å². The molecule has 8 heteroatoms. The summed E-state index contributed by atoms with van der Waals surface area (Å²) >= 11 is 18.8. The van der Waals surface area contributed by atoms with Gasteiger partial charge >= 0.3 is 0 Å². The quantitative estimate of drug-likeness (QED) is 0.569. The summed E-state index contributed by atoms with van der Waals surface area (Å²) in [5.74, 6) is 0.135. The SMILES string of the molecule is COc1cc(/C=C2\SC(=O)N(Cc3ccc(Cl)c(Cl)c3)C2=O)ccc1Cl. The number of hydrogen-bond acceptors (Lipinski definition) is 4. The maximum atomic E-state index is 12.6. The van der Waals surface area contributed by atoms with Crippen molar-refractivity contribution in [2.45, 2.75) is 6.54 Å². The van der Waals surface area contributed by atoms with Crippen LogP contribution in [-0.4, -0.2) is 23.2 Å². The third kappa shape index (κ3) is 4.01. The number of hydrogen-bond donors (Lipinski definition) is 0. The van der Waals surface area contributed by atoms with Crippen molar-refractivity contribution in [2.24, 2.45) is 0 Å². The van der Waals surface area contributed by atoms with E-state index in [0.29, 0.717) is 31.3 Å². The zero-order valence-electron chi connectivity index (χ0n) is 13.5. The highest BCUT2D eigenvalue weighted by molar-refractivity contribution is 8.18. The Bertz CT molecular complexity index is 930. The number of amides is 2. The van der Waals surface area contributed by atoms with Crippen LogP contribution in [-0.2, 0) is 11.3 Å². The molecule has 0 atom stereocenters. The second-order valence-corrected chi connectivity index (χ2v) is 7.63. The van der Waals surface area contributed by atoms with E-state index in [4.69, 9.17) is 39.5 Å². The lowest BCUT2D eigenvalue weighted by Gasteiger charge is -2.13. The van der Waals surface area contributed by atoms with E-state index in [2.05, 4.69) is 0 Å². The van der Waals surface area contributed by atoms with Gasteiger partial charge in [-0.2, -0.15) is 0 Å². The van der Waals surface area contributed by atoms with Crippen LogP contribution >= 0.6 is 46.6 Å². The molecule has 2 aromatic rings. The Balaban J connectivity index is 1.83. The molecule has 0 N–H and O–H groups in total. The predicted octanol–water partition coefficient (Wildman–Crippen LogP) is 5.89. The standard InChI is InChI=1S/C18H12Cl3NO3S/c1-25-15-7-10(2-5-13(15)20)8-16-17(23)22(18(24)26-16)9-11-3-4-12(19)14(21)6-11/h2-8H,9H2,1H3/b16-8-. The summed E-state index contributed by atoms with van der Waals surface area (Å²) in [7, 11) is 1.51. The van der Waals surface area contributed by atoms with Crippen molar-refractivity contribution in [1.29, 1.82) is 0 Å². The van der Waals surface area contributed by atoms with Gasteiger partial charge in [0.15, 0.2) is 0 Å². The van der Waals surface area contributed by atoms with Crippen LogP contribution in [0.25, 0.3) is 6.08 Å². The predicted molar refractivity (Wildman–Crippen MR) is 106 cm³/mol. The van der Waals surface area contributed by atoms with Crippen LogP contribution in [0.4, 0.5) is 4.79 Å². The largest absolute Gasteiger partial charge is 0.495 e. The normalized spacial score (nSPS) is 15.8. The van der Waals surface area contributed by atoms with Gasteiger partial charge in [0.2, 0.25) is 0 Å². The number of benzene rings is 2. The van der Waals surface area contributed by atoms with Gasteiger partial charge in [-0.1, -0.05) is 46.9 Å². The van der Waals surface area contributed by atoms with E-state index in [9.17, 15) is 9.59 Å². The Kier molecular flexibility index (Phi) is 5.82. The van der Waals surface area contributed by atoms with E-state index in [0.717, 1.165) is 17.3 Å². The van der Waals surface area contributed by atoms with Crippen molar-refractivity contribution < 1.29 is 14.3 Å². The van der Waals surface area contributed by atoms with Gasteiger partial charge in [0.1, 0.15) is 5.75 Å². The Hall–Kier alpha value is -1.66. The Morgan fingerprint density at radius 1 is 1.04 bits per heavy atom. The summed E-state index contributed by atoms with van der Waals surface area (Å²) in [5.41, 5.74) is 1.43. The van der Waals surface area contributed by atoms with Gasteiger partial charge in [-0.05, 0) is 53.2 Å². The van der Waals surface area contributed by atoms with Crippen LogP contribution in [0.1, 0.15) is 11.1 Å². The van der Waals surface area contributed by atoms with Gasteiger partial charge < -0.3 is 4.74 Å². The zero-order valence-corrected chi connectivity index (χ0v) is 16.5. The highest BCUT2D eigenvalue weighted by Crippen LogP contribution is 2.35. The van der Waals surface area contributed by atoms with Crippen molar-refractivity contribution in [1.82, 2.24) is 4.90 Å². The van der Waals surface area contributed by atoms with E-state index in [-0.39, 0.29) is 17.7 Å². The molecule has 1 aliphatic heterocycles. The number of rotatable bonds is 4. The van der Waals surface area contributed by atoms with Crippen LogP contribution < -0.4 is 4.74 Å². The maximum absolute atomic E-state index is 12.6. The number of methoxy groups -OCH3 is 1. The minimum Gasteiger partial charge on any atom is -0.495 e. The van der Waals surface area contributed by atoms with Crippen molar-refractivity contribution in [3.63, 3.8) is 0 Å². The smallest absolute Gasteiger partial charge is 0.293 e. The Labute approximate surface area is 169 Å². The summed E-state index contributed by atoms with van der Waals surface area (Å²) in [6.07, 6.45) is 1.64. The van der Waals surface area contributed by atoms with E-state index in [1.165, 1.54) is 12.0 Å². The van der Waals surface area contributed by atoms with Gasteiger partial charge in [-0.15, -0.1) is 0 Å². The molecule has 0 bridgehead atoms. The fraction of sp³-hybridized carbons (Fsp3) is 0.111. The van der Waals surface area contributed by atoms with E-state index in [1.807, 2.05) is 0 Å². The first kappa shape index (κ1) is 19.1. The molecular formula is C18H12Cl3NO3S. The molecule has 26 heavy (non-hydrogen) atoms. The fourth-order valence-corrected chi connectivity index (χ4v) is 3.73. The number of ether oxygens (including phenoxy) is 1. The summed E-state index contributed by atoms with van der Waals surface area (Å²) < 4.78 is 5.17. The maximum Gasteiger partial charge on any atom is 0.293 e. The molecule has 2 amide bonds. The van der Waals surface area contributed by atoms with Crippen molar-refractivity contribution in [3.8, 4) is 5.75 Å². The fourth-order valence-electron chi connectivity index (χ4n) is 2.37. The van der Waals surface area contributed by atoms with Crippen molar-refractivity contribution in [3.05, 3.63) is 67.5 Å². The first-order chi connectivity index (χ1) is 12.4. The average molecular weight is 429 g/mol. The highest BCUT2D eigenvalue weighted by Gasteiger charge is 2.35. The Morgan fingerprint density at radius 2 is 1.77 bits per heavy atom. The molecule has 1 fully saturated rings. The van der Waals surface area contributed by atoms with Gasteiger partial charge in [-0.3, -0.25) is 14.5 Å². The van der Waals surface area contributed by atoms with Crippen LogP contribution in [0.5, 0.6) is 5.75 Å². The summed E-state index contributed by atoms with van der Waals surface area (Å²) in [5, 5.41) is 0.923. The van der Waals surface area contributed by atoms with Crippen LogP contribution in [0.3, 0.4) is 0 Å². The van der Waals surface area contributed by atoms with Gasteiger partial charge in [0, 0.05) is 0 Å². The summed E-state index contributed by atoms with van der Waals surface area (Å²) in [4.78, 5) is 26.3. The molecule has 3 rings (SSSR count). The molecule has 0 aromatic heterocycles. The average Bonchev–Trinajstić information content (AvgIpc) is 2.87. The topological polar surface area (TPSA) is 46.6 Å². The van der Waals surface area contributed by atoms with E-state index in [1.54, 1.807) is 42.5 Å². The molecule has 0 unspecified atom stereocenters. The minimum absolute atomic E-state index is 0.128. The molecule has 4 nitrogen and oxygen atoms in total. The third-order valence-corrected chi connectivity index (χ3v) is 5.63. The molecule has 0 saturated carbocycles.